The fraction of sp³-hybridized carbons (Fsp3) is 0. The molecule has 0 radical (unpaired) electrons. The quantitative estimate of drug-likeness (QED) is 0.516. The lowest BCUT2D eigenvalue weighted by molar-refractivity contribution is 0.403. The molecule has 4 aromatic rings. The van der Waals surface area contributed by atoms with Gasteiger partial charge in [-0.15, -0.1) is 0 Å². The van der Waals surface area contributed by atoms with Crippen molar-refractivity contribution in [1.29, 1.82) is 0 Å². The summed E-state index contributed by atoms with van der Waals surface area (Å²) in [5.41, 5.74) is 2.19. The van der Waals surface area contributed by atoms with Crippen LogP contribution in [0, 0.1) is 5.82 Å². The van der Waals surface area contributed by atoms with E-state index in [1.54, 1.807) is 18.2 Å². The van der Waals surface area contributed by atoms with Crippen LogP contribution in [0.4, 0.5) is 4.39 Å². The van der Waals surface area contributed by atoms with Crippen molar-refractivity contribution in [3.63, 3.8) is 0 Å². The summed E-state index contributed by atoms with van der Waals surface area (Å²) in [4.78, 5) is 12.3. The van der Waals surface area contributed by atoms with Gasteiger partial charge < -0.3 is 14.6 Å². The van der Waals surface area contributed by atoms with Gasteiger partial charge in [0.2, 0.25) is 0 Å². The number of benzene rings is 3. The highest BCUT2D eigenvalue weighted by atomic mass is 19.1. The van der Waals surface area contributed by atoms with Crippen LogP contribution in [-0.4, -0.2) is 10.2 Å². The normalized spacial score (nSPS) is 11.0. The molecule has 1 aromatic heterocycles. The van der Waals surface area contributed by atoms with Crippen molar-refractivity contribution < 1.29 is 19.0 Å². The summed E-state index contributed by atoms with van der Waals surface area (Å²) < 4.78 is 18.9. The van der Waals surface area contributed by atoms with Gasteiger partial charge in [0.15, 0.2) is 16.9 Å². The maximum absolute atomic E-state index is 13.1. The van der Waals surface area contributed by atoms with Gasteiger partial charge in [0.05, 0.1) is 5.39 Å². The van der Waals surface area contributed by atoms with Crippen LogP contribution in [0.15, 0.2) is 75.9 Å². The highest BCUT2D eigenvalue weighted by Gasteiger charge is 2.11. The molecule has 0 spiro atoms. The zero-order chi connectivity index (χ0) is 18.3. The molecule has 0 bridgehead atoms. The maximum atomic E-state index is 13.1. The lowest BCUT2D eigenvalue weighted by atomic mass is 10.0. The number of rotatable bonds is 2. The highest BCUT2D eigenvalue weighted by molar-refractivity contribution is 5.82. The Hall–Kier alpha value is -3.60. The highest BCUT2D eigenvalue weighted by Crippen LogP contribution is 2.32. The Bertz CT molecular complexity index is 1180. The average molecular weight is 348 g/mol. The van der Waals surface area contributed by atoms with Gasteiger partial charge in [0.1, 0.15) is 17.2 Å². The molecule has 0 atom stereocenters. The number of hydrogen-bond donors (Lipinski definition) is 2. The lowest BCUT2D eigenvalue weighted by Crippen LogP contribution is -2.00. The van der Waals surface area contributed by atoms with Crippen molar-refractivity contribution in [2.75, 3.05) is 0 Å². The number of halogens is 1. The van der Waals surface area contributed by atoms with Crippen molar-refractivity contribution >= 4 is 11.0 Å². The minimum absolute atomic E-state index is 0.176. The van der Waals surface area contributed by atoms with Crippen LogP contribution in [0.3, 0.4) is 0 Å². The molecule has 0 unspecified atom stereocenters. The van der Waals surface area contributed by atoms with E-state index in [1.165, 1.54) is 30.3 Å². The van der Waals surface area contributed by atoms with Crippen molar-refractivity contribution in [1.82, 2.24) is 0 Å². The Kier molecular flexibility index (Phi) is 3.69. The third-order valence-electron chi connectivity index (χ3n) is 4.15. The van der Waals surface area contributed by atoms with E-state index < -0.39 is 0 Å². The second-order valence-corrected chi connectivity index (χ2v) is 5.90. The maximum Gasteiger partial charge on any atom is 0.193 e. The van der Waals surface area contributed by atoms with E-state index in [9.17, 15) is 19.4 Å². The van der Waals surface area contributed by atoms with E-state index in [4.69, 9.17) is 4.42 Å². The van der Waals surface area contributed by atoms with Gasteiger partial charge in [-0.3, -0.25) is 4.79 Å². The number of phenolic OH excluding ortho intramolecular Hbond substituents is 2. The van der Waals surface area contributed by atoms with E-state index in [-0.39, 0.29) is 33.7 Å². The largest absolute Gasteiger partial charge is 0.504 e. The Morgan fingerprint density at radius 1 is 0.769 bits per heavy atom. The molecule has 0 amide bonds. The molecule has 0 aliphatic rings. The standard InChI is InChI=1S/C21H13FO4/c22-15-6-4-12(5-7-15)13-2-1-3-14(8-13)20-10-17(23)16-9-18(24)19(25)11-21(16)26-20/h1-11,24-25H. The lowest BCUT2D eigenvalue weighted by Gasteiger charge is -2.07. The Morgan fingerprint density at radius 3 is 2.23 bits per heavy atom. The van der Waals surface area contributed by atoms with Crippen molar-refractivity contribution in [3.8, 4) is 33.9 Å². The summed E-state index contributed by atoms with van der Waals surface area (Å²) in [5, 5.41) is 19.4. The zero-order valence-corrected chi connectivity index (χ0v) is 13.4. The number of hydrogen-bond acceptors (Lipinski definition) is 4. The summed E-state index contributed by atoms with van der Waals surface area (Å²) >= 11 is 0. The molecule has 4 rings (SSSR count). The Labute approximate surface area is 147 Å². The minimum Gasteiger partial charge on any atom is -0.504 e. The molecule has 0 saturated heterocycles. The van der Waals surface area contributed by atoms with E-state index >= 15 is 0 Å². The molecular weight excluding hydrogens is 335 g/mol. The molecule has 3 aromatic carbocycles. The fourth-order valence-electron chi connectivity index (χ4n) is 2.82. The second-order valence-electron chi connectivity index (χ2n) is 5.90. The van der Waals surface area contributed by atoms with Crippen LogP contribution >= 0.6 is 0 Å². The van der Waals surface area contributed by atoms with Crippen LogP contribution < -0.4 is 5.43 Å². The summed E-state index contributed by atoms with van der Waals surface area (Å²) in [6, 6.07) is 17.1. The van der Waals surface area contributed by atoms with Gasteiger partial charge in [-0.25, -0.2) is 4.39 Å². The second kappa shape index (κ2) is 6.04. The van der Waals surface area contributed by atoms with Gasteiger partial charge >= 0.3 is 0 Å². The van der Waals surface area contributed by atoms with Crippen LogP contribution in [0.5, 0.6) is 11.5 Å². The van der Waals surface area contributed by atoms with Crippen molar-refractivity contribution in [2.45, 2.75) is 0 Å². The van der Waals surface area contributed by atoms with Crippen LogP contribution in [0.1, 0.15) is 0 Å². The van der Waals surface area contributed by atoms with Crippen LogP contribution in [-0.2, 0) is 0 Å². The first-order chi connectivity index (χ1) is 12.5. The molecule has 26 heavy (non-hydrogen) atoms. The molecule has 0 saturated carbocycles. The Morgan fingerprint density at radius 2 is 1.46 bits per heavy atom. The van der Waals surface area contributed by atoms with Gasteiger partial charge in [-0.05, 0) is 35.4 Å². The van der Waals surface area contributed by atoms with E-state index in [0.29, 0.717) is 11.3 Å². The topological polar surface area (TPSA) is 70.7 Å². The molecule has 0 fully saturated rings. The van der Waals surface area contributed by atoms with Gasteiger partial charge in [-0.2, -0.15) is 0 Å². The van der Waals surface area contributed by atoms with Crippen molar-refractivity contribution in [3.05, 3.63) is 82.8 Å². The van der Waals surface area contributed by atoms with Gasteiger partial charge in [-0.1, -0.05) is 30.3 Å². The third kappa shape index (κ3) is 2.80. The summed E-state index contributed by atoms with van der Waals surface area (Å²) in [6.45, 7) is 0. The monoisotopic (exact) mass is 348 g/mol. The number of aromatic hydroxyl groups is 2. The third-order valence-corrected chi connectivity index (χ3v) is 4.15. The molecule has 4 nitrogen and oxygen atoms in total. The molecule has 5 heteroatoms. The molecule has 2 N–H and O–H groups in total. The van der Waals surface area contributed by atoms with Gasteiger partial charge in [0, 0.05) is 17.7 Å². The number of fused-ring (bicyclic) bond motifs is 1. The smallest absolute Gasteiger partial charge is 0.193 e. The summed E-state index contributed by atoms with van der Waals surface area (Å²) in [7, 11) is 0. The zero-order valence-electron chi connectivity index (χ0n) is 13.4. The Balaban J connectivity index is 1.85. The predicted octanol–water partition coefficient (Wildman–Crippen LogP) is 4.68. The SMILES string of the molecule is O=c1cc(-c2cccc(-c3ccc(F)cc3)c2)oc2cc(O)c(O)cc12. The van der Waals surface area contributed by atoms with Crippen molar-refractivity contribution in [2.24, 2.45) is 0 Å². The molecule has 128 valence electrons. The first-order valence-electron chi connectivity index (χ1n) is 7.87. The first-order valence-corrected chi connectivity index (χ1v) is 7.87. The van der Waals surface area contributed by atoms with Crippen LogP contribution in [0.2, 0.25) is 0 Å². The molecular formula is C21H13FO4. The molecule has 1 heterocycles. The summed E-state index contributed by atoms with van der Waals surface area (Å²) in [5.74, 6) is -0.723. The predicted molar refractivity (Wildman–Crippen MR) is 96.6 cm³/mol. The molecule has 0 aliphatic carbocycles. The fourth-order valence-corrected chi connectivity index (χ4v) is 2.82. The molecule has 0 aliphatic heterocycles. The first kappa shape index (κ1) is 15.9. The van der Waals surface area contributed by atoms with Crippen LogP contribution in [0.25, 0.3) is 33.4 Å². The van der Waals surface area contributed by atoms with E-state index in [1.807, 2.05) is 18.2 Å². The van der Waals surface area contributed by atoms with Gasteiger partial charge in [0.25, 0.3) is 0 Å². The van der Waals surface area contributed by atoms with E-state index in [2.05, 4.69) is 0 Å². The minimum atomic E-state index is -0.379. The van der Waals surface area contributed by atoms with E-state index in [0.717, 1.165) is 11.1 Å². The number of phenols is 2. The summed E-state index contributed by atoms with van der Waals surface area (Å²) in [6.07, 6.45) is 0. The average Bonchev–Trinajstić information content (AvgIpc) is 2.64.